The number of sulfonamides is 1. The molecule has 9 heteroatoms. The van der Waals surface area contributed by atoms with Gasteiger partial charge in [0.1, 0.15) is 6.54 Å². The Labute approximate surface area is 123 Å². The van der Waals surface area contributed by atoms with Crippen LogP contribution in [0, 0.1) is 0 Å². The van der Waals surface area contributed by atoms with Crippen LogP contribution in [0.3, 0.4) is 0 Å². The molecule has 0 amide bonds. The normalized spacial score (nSPS) is 12.7. The first-order valence-corrected chi connectivity index (χ1v) is 7.99. The molecule has 0 aliphatic heterocycles. The minimum absolute atomic E-state index is 0.211. The van der Waals surface area contributed by atoms with E-state index in [2.05, 4.69) is 21.2 Å². The van der Waals surface area contributed by atoms with Crippen LogP contribution in [0.5, 0.6) is 0 Å². The van der Waals surface area contributed by atoms with Gasteiger partial charge in [-0.15, -0.1) is 0 Å². The van der Waals surface area contributed by atoms with Gasteiger partial charge in [0.05, 0.1) is 4.90 Å². The second-order valence-electron chi connectivity index (χ2n) is 3.98. The molecule has 114 valence electrons. The second-order valence-corrected chi connectivity index (χ2v) is 6.57. The Morgan fingerprint density at radius 3 is 2.50 bits per heavy atom. The van der Waals surface area contributed by atoms with Crippen molar-refractivity contribution in [3.8, 4) is 0 Å². The SMILES string of the molecule is CCNCc1ccc(Br)c(S(=O)(=O)NCC(F)(F)F)c1. The first-order chi connectivity index (χ1) is 9.15. The lowest BCUT2D eigenvalue weighted by molar-refractivity contribution is -0.121. The van der Waals surface area contributed by atoms with Crippen molar-refractivity contribution in [3.05, 3.63) is 28.2 Å². The fraction of sp³-hybridized carbons (Fsp3) is 0.455. The standard InChI is InChI=1S/C11H14BrF3N2O2S/c1-2-16-6-8-3-4-9(12)10(5-8)20(18,19)17-7-11(13,14)15/h3-5,16-17H,2,6-7H2,1H3. The predicted molar refractivity (Wildman–Crippen MR) is 72.8 cm³/mol. The number of hydrogen-bond acceptors (Lipinski definition) is 3. The Balaban J connectivity index is 2.98. The van der Waals surface area contributed by atoms with E-state index in [4.69, 9.17) is 0 Å². The Morgan fingerprint density at radius 2 is 1.95 bits per heavy atom. The van der Waals surface area contributed by atoms with Crippen LogP contribution in [0.4, 0.5) is 13.2 Å². The van der Waals surface area contributed by atoms with E-state index in [1.165, 1.54) is 16.9 Å². The number of hydrogen-bond donors (Lipinski definition) is 2. The molecule has 1 aromatic rings. The smallest absolute Gasteiger partial charge is 0.313 e. The van der Waals surface area contributed by atoms with Crippen LogP contribution in [0.25, 0.3) is 0 Å². The van der Waals surface area contributed by atoms with Crippen LogP contribution in [0.15, 0.2) is 27.6 Å². The molecule has 0 bridgehead atoms. The Morgan fingerprint density at radius 1 is 1.30 bits per heavy atom. The summed E-state index contributed by atoms with van der Waals surface area (Å²) in [6.07, 6.45) is -4.60. The number of halogens is 4. The largest absolute Gasteiger partial charge is 0.402 e. The van der Waals surface area contributed by atoms with Gasteiger partial charge in [-0.2, -0.15) is 13.2 Å². The molecule has 0 unspecified atom stereocenters. The third kappa shape index (κ3) is 5.39. The Bertz CT molecular complexity index is 561. The van der Waals surface area contributed by atoms with Gasteiger partial charge in [0.2, 0.25) is 10.0 Å². The summed E-state index contributed by atoms with van der Waals surface area (Å²) < 4.78 is 61.8. The molecule has 20 heavy (non-hydrogen) atoms. The number of rotatable bonds is 6. The zero-order chi connectivity index (χ0) is 15.4. The first kappa shape index (κ1) is 17.4. The highest BCUT2D eigenvalue weighted by molar-refractivity contribution is 9.10. The van der Waals surface area contributed by atoms with Crippen LogP contribution in [0.1, 0.15) is 12.5 Å². The van der Waals surface area contributed by atoms with Crippen molar-refractivity contribution in [2.45, 2.75) is 24.5 Å². The molecule has 0 spiro atoms. The van der Waals surface area contributed by atoms with Crippen molar-refractivity contribution < 1.29 is 21.6 Å². The summed E-state index contributed by atoms with van der Waals surface area (Å²) in [5.41, 5.74) is 0.669. The fourth-order valence-corrected chi connectivity index (χ4v) is 3.41. The van der Waals surface area contributed by atoms with Gasteiger partial charge in [-0.05, 0) is 40.2 Å². The summed E-state index contributed by atoms with van der Waals surface area (Å²) in [5.74, 6) is 0. The average Bonchev–Trinajstić information content (AvgIpc) is 2.34. The van der Waals surface area contributed by atoms with Gasteiger partial charge in [0, 0.05) is 11.0 Å². The van der Waals surface area contributed by atoms with Crippen LogP contribution < -0.4 is 10.0 Å². The molecule has 0 saturated carbocycles. The van der Waals surface area contributed by atoms with Gasteiger partial charge < -0.3 is 5.32 Å². The van der Waals surface area contributed by atoms with Crippen LogP contribution in [-0.4, -0.2) is 27.7 Å². The van der Waals surface area contributed by atoms with E-state index in [1.54, 1.807) is 6.07 Å². The summed E-state index contributed by atoms with van der Waals surface area (Å²) in [6, 6.07) is 4.52. The molecular formula is C11H14BrF3N2O2S. The summed E-state index contributed by atoms with van der Waals surface area (Å²) in [7, 11) is -4.22. The number of benzene rings is 1. The molecule has 0 aromatic heterocycles. The lowest BCUT2D eigenvalue weighted by Crippen LogP contribution is -2.34. The van der Waals surface area contributed by atoms with Crippen molar-refractivity contribution in [2.24, 2.45) is 0 Å². The van der Waals surface area contributed by atoms with E-state index >= 15 is 0 Å². The van der Waals surface area contributed by atoms with Gasteiger partial charge in [0.25, 0.3) is 0 Å². The molecule has 2 N–H and O–H groups in total. The maximum absolute atomic E-state index is 12.1. The van der Waals surface area contributed by atoms with E-state index in [-0.39, 0.29) is 9.37 Å². The predicted octanol–water partition coefficient (Wildman–Crippen LogP) is 2.40. The zero-order valence-electron chi connectivity index (χ0n) is 10.6. The Hall–Kier alpha value is -0.640. The molecule has 4 nitrogen and oxygen atoms in total. The molecule has 0 atom stereocenters. The van der Waals surface area contributed by atoms with E-state index in [1.807, 2.05) is 6.92 Å². The summed E-state index contributed by atoms with van der Waals surface area (Å²) in [5, 5.41) is 3.01. The molecule has 1 rings (SSSR count). The molecule has 0 fully saturated rings. The average molecular weight is 375 g/mol. The molecule has 0 aliphatic carbocycles. The topological polar surface area (TPSA) is 58.2 Å². The van der Waals surface area contributed by atoms with Gasteiger partial charge in [-0.3, -0.25) is 0 Å². The highest BCUT2D eigenvalue weighted by atomic mass is 79.9. The lowest BCUT2D eigenvalue weighted by atomic mass is 10.2. The third-order valence-electron chi connectivity index (χ3n) is 2.33. The second kappa shape index (κ2) is 6.88. The van der Waals surface area contributed by atoms with E-state index < -0.39 is 22.7 Å². The number of alkyl halides is 3. The van der Waals surface area contributed by atoms with Crippen molar-refractivity contribution >= 4 is 26.0 Å². The maximum Gasteiger partial charge on any atom is 0.402 e. The molecule has 1 aromatic carbocycles. The van der Waals surface area contributed by atoms with Crippen molar-refractivity contribution in [2.75, 3.05) is 13.1 Å². The van der Waals surface area contributed by atoms with Gasteiger partial charge in [0.15, 0.2) is 0 Å². The molecule has 0 radical (unpaired) electrons. The highest BCUT2D eigenvalue weighted by Gasteiger charge is 2.30. The first-order valence-electron chi connectivity index (χ1n) is 5.71. The quantitative estimate of drug-likeness (QED) is 0.803. The molecular weight excluding hydrogens is 361 g/mol. The number of nitrogens with one attached hydrogen (secondary N) is 2. The molecule has 0 saturated heterocycles. The van der Waals surface area contributed by atoms with Gasteiger partial charge in [-0.25, -0.2) is 13.1 Å². The maximum atomic E-state index is 12.1. The minimum Gasteiger partial charge on any atom is -0.313 e. The molecule has 0 aliphatic rings. The van der Waals surface area contributed by atoms with Crippen molar-refractivity contribution in [1.82, 2.24) is 10.0 Å². The van der Waals surface area contributed by atoms with Crippen molar-refractivity contribution in [3.63, 3.8) is 0 Å². The van der Waals surface area contributed by atoms with Crippen LogP contribution in [0.2, 0.25) is 0 Å². The molecule has 0 heterocycles. The summed E-state index contributed by atoms with van der Waals surface area (Å²) in [6.45, 7) is 1.43. The third-order valence-corrected chi connectivity index (χ3v) is 4.72. The summed E-state index contributed by atoms with van der Waals surface area (Å²) in [4.78, 5) is -0.211. The van der Waals surface area contributed by atoms with Gasteiger partial charge >= 0.3 is 6.18 Å². The zero-order valence-corrected chi connectivity index (χ0v) is 13.0. The van der Waals surface area contributed by atoms with Gasteiger partial charge in [-0.1, -0.05) is 13.0 Å². The Kier molecular flexibility index (Phi) is 5.99. The van der Waals surface area contributed by atoms with Crippen molar-refractivity contribution in [1.29, 1.82) is 0 Å². The minimum atomic E-state index is -4.60. The van der Waals surface area contributed by atoms with E-state index in [0.717, 1.165) is 0 Å². The van der Waals surface area contributed by atoms with E-state index in [9.17, 15) is 21.6 Å². The van der Waals surface area contributed by atoms with E-state index in [0.29, 0.717) is 18.7 Å². The fourth-order valence-electron chi connectivity index (χ4n) is 1.39. The highest BCUT2D eigenvalue weighted by Crippen LogP contribution is 2.24. The van der Waals surface area contributed by atoms with Crippen LogP contribution in [-0.2, 0) is 16.6 Å². The monoisotopic (exact) mass is 374 g/mol. The lowest BCUT2D eigenvalue weighted by Gasteiger charge is -2.12. The summed E-state index contributed by atoms with van der Waals surface area (Å²) >= 11 is 3.03. The van der Waals surface area contributed by atoms with Crippen LogP contribution >= 0.6 is 15.9 Å².